The number of nitrogens with one attached hydrogen (secondary N) is 1. The van der Waals surface area contributed by atoms with E-state index in [1.54, 1.807) is 0 Å². The van der Waals surface area contributed by atoms with E-state index in [1.807, 2.05) is 0 Å². The monoisotopic (exact) mass is 278 g/mol. The van der Waals surface area contributed by atoms with Gasteiger partial charge in [0.25, 0.3) is 0 Å². The van der Waals surface area contributed by atoms with E-state index < -0.39 is 0 Å². The predicted octanol–water partition coefficient (Wildman–Crippen LogP) is 1.96. The molecule has 0 saturated heterocycles. The quantitative estimate of drug-likeness (QED) is 0.826. The Balaban J connectivity index is 2.50. The normalized spacial score (nSPS) is 12.4. The van der Waals surface area contributed by atoms with Crippen molar-refractivity contribution < 1.29 is 0 Å². The van der Waals surface area contributed by atoms with E-state index in [0.29, 0.717) is 0 Å². The van der Waals surface area contributed by atoms with E-state index in [1.165, 1.54) is 0 Å². The summed E-state index contributed by atoms with van der Waals surface area (Å²) in [4.78, 5) is 9.24. The van der Waals surface area contributed by atoms with Crippen LogP contribution in [-0.4, -0.2) is 54.6 Å². The van der Waals surface area contributed by atoms with E-state index in [9.17, 15) is 0 Å². The summed E-state index contributed by atoms with van der Waals surface area (Å²) in [6.45, 7) is 10.4. The number of nitrogens with zero attached hydrogens (tertiary/aromatic N) is 3. The van der Waals surface area contributed by atoms with E-state index >= 15 is 0 Å². The molecular weight excluding hydrogens is 248 g/mol. The maximum absolute atomic E-state index is 4.73. The third-order valence-electron chi connectivity index (χ3n) is 3.03. The van der Waals surface area contributed by atoms with Crippen LogP contribution in [0.3, 0.4) is 0 Å². The van der Waals surface area contributed by atoms with Crippen LogP contribution in [0.25, 0.3) is 0 Å². The van der Waals surface area contributed by atoms with E-state index in [2.05, 4.69) is 75.2 Å². The van der Waals surface area contributed by atoms with Gasteiger partial charge in [-0.15, -0.1) is 0 Å². The van der Waals surface area contributed by atoms with Gasteiger partial charge in [-0.3, -0.25) is 9.88 Å². The number of hydrogen-bond acceptors (Lipinski definition) is 4. The molecule has 4 nitrogen and oxygen atoms in total. The number of rotatable bonds is 7. The molecule has 0 bridgehead atoms. The molecule has 0 fully saturated rings. The van der Waals surface area contributed by atoms with Crippen LogP contribution in [-0.2, 0) is 13.1 Å². The third-order valence-corrected chi connectivity index (χ3v) is 3.03. The zero-order chi connectivity index (χ0) is 15.2. The highest BCUT2D eigenvalue weighted by atomic mass is 15.2. The van der Waals surface area contributed by atoms with Gasteiger partial charge in [0.2, 0.25) is 0 Å². The molecule has 0 aliphatic carbocycles. The Morgan fingerprint density at radius 1 is 1.05 bits per heavy atom. The van der Waals surface area contributed by atoms with Gasteiger partial charge in [-0.05, 0) is 54.0 Å². The lowest BCUT2D eigenvalue weighted by atomic mass is 10.1. The molecule has 0 atom stereocenters. The zero-order valence-electron chi connectivity index (χ0n) is 13.9. The summed E-state index contributed by atoms with van der Waals surface area (Å²) in [5, 5.41) is 3.48. The largest absolute Gasteiger partial charge is 0.308 e. The molecule has 0 amide bonds. The van der Waals surface area contributed by atoms with Gasteiger partial charge in [-0.2, -0.15) is 0 Å². The summed E-state index contributed by atoms with van der Waals surface area (Å²) < 4.78 is 0. The highest BCUT2D eigenvalue weighted by molar-refractivity contribution is 5.11. The van der Waals surface area contributed by atoms with Gasteiger partial charge in [0.15, 0.2) is 0 Å². The molecule has 0 unspecified atom stereocenters. The van der Waals surface area contributed by atoms with Gasteiger partial charge < -0.3 is 10.2 Å². The van der Waals surface area contributed by atoms with E-state index in [4.69, 9.17) is 4.98 Å². The Morgan fingerprint density at radius 3 is 2.30 bits per heavy atom. The van der Waals surface area contributed by atoms with Gasteiger partial charge in [0.05, 0.1) is 11.4 Å². The minimum Gasteiger partial charge on any atom is -0.308 e. The molecule has 1 aromatic heterocycles. The lowest BCUT2D eigenvalue weighted by molar-refractivity contribution is 0.274. The highest BCUT2D eigenvalue weighted by Crippen LogP contribution is 2.05. The number of hydrogen-bond donors (Lipinski definition) is 1. The van der Waals surface area contributed by atoms with Crippen molar-refractivity contribution in [3.05, 3.63) is 29.6 Å². The summed E-state index contributed by atoms with van der Waals surface area (Å²) in [5.74, 6) is 0. The Hall–Kier alpha value is -0.970. The topological polar surface area (TPSA) is 31.4 Å². The molecule has 0 aromatic carbocycles. The van der Waals surface area contributed by atoms with Gasteiger partial charge in [-0.25, -0.2) is 0 Å². The van der Waals surface area contributed by atoms with Gasteiger partial charge in [0, 0.05) is 31.7 Å². The molecule has 0 spiro atoms. The molecule has 1 rings (SSSR count). The molecule has 0 aliphatic heterocycles. The lowest BCUT2D eigenvalue weighted by Gasteiger charge is -2.21. The Morgan fingerprint density at radius 2 is 1.70 bits per heavy atom. The summed E-state index contributed by atoms with van der Waals surface area (Å²) in [7, 11) is 6.35. The molecule has 114 valence electrons. The van der Waals surface area contributed by atoms with Gasteiger partial charge in [0.1, 0.15) is 0 Å². The molecule has 1 N–H and O–H groups in total. The number of aromatic nitrogens is 1. The Bertz CT molecular complexity index is 396. The Kier molecular flexibility index (Phi) is 6.59. The molecule has 0 saturated carbocycles. The van der Waals surface area contributed by atoms with Gasteiger partial charge in [-0.1, -0.05) is 6.07 Å². The lowest BCUT2D eigenvalue weighted by Crippen LogP contribution is -2.35. The SMILES string of the molecule is CN(C)CCN(C)Cc1cccc(CNC(C)(C)C)n1. The minimum atomic E-state index is 0.125. The molecule has 4 heteroatoms. The predicted molar refractivity (Wildman–Crippen MR) is 85.7 cm³/mol. The van der Waals surface area contributed by atoms with Crippen LogP contribution in [0.2, 0.25) is 0 Å². The highest BCUT2D eigenvalue weighted by Gasteiger charge is 2.09. The standard InChI is InChI=1S/C16H30N4/c1-16(2,3)17-12-14-8-7-9-15(18-14)13-20(6)11-10-19(4)5/h7-9,17H,10-13H2,1-6H3. The van der Waals surface area contributed by atoms with E-state index in [0.717, 1.165) is 37.6 Å². The summed E-state index contributed by atoms with van der Waals surface area (Å²) in [6, 6.07) is 6.29. The van der Waals surface area contributed by atoms with Crippen LogP contribution in [0.4, 0.5) is 0 Å². The van der Waals surface area contributed by atoms with E-state index in [-0.39, 0.29) is 5.54 Å². The molecule has 1 aromatic rings. The van der Waals surface area contributed by atoms with Crippen molar-refractivity contribution in [3.63, 3.8) is 0 Å². The van der Waals surface area contributed by atoms with Crippen molar-refractivity contribution in [2.24, 2.45) is 0 Å². The van der Waals surface area contributed by atoms with Crippen LogP contribution in [0.5, 0.6) is 0 Å². The van der Waals surface area contributed by atoms with Crippen molar-refractivity contribution >= 4 is 0 Å². The second kappa shape index (κ2) is 7.72. The smallest absolute Gasteiger partial charge is 0.0547 e. The van der Waals surface area contributed by atoms with Crippen LogP contribution in [0.1, 0.15) is 32.2 Å². The first-order valence-electron chi connectivity index (χ1n) is 7.29. The van der Waals surface area contributed by atoms with Gasteiger partial charge >= 0.3 is 0 Å². The average Bonchev–Trinajstić information content (AvgIpc) is 2.34. The summed E-state index contributed by atoms with van der Waals surface area (Å²) in [5.41, 5.74) is 2.37. The second-order valence-electron chi connectivity index (χ2n) is 6.76. The number of likely N-dealkylation sites (N-methyl/N-ethyl adjacent to an activating group) is 2. The first-order valence-corrected chi connectivity index (χ1v) is 7.29. The molecule has 20 heavy (non-hydrogen) atoms. The summed E-state index contributed by atoms with van der Waals surface area (Å²) >= 11 is 0. The first kappa shape index (κ1) is 17.1. The third kappa shape index (κ3) is 7.58. The van der Waals surface area contributed by atoms with Crippen molar-refractivity contribution in [1.29, 1.82) is 0 Å². The molecule has 0 radical (unpaired) electrons. The van der Waals surface area contributed by atoms with Crippen molar-refractivity contribution in [2.45, 2.75) is 39.4 Å². The molecule has 0 aliphatic rings. The van der Waals surface area contributed by atoms with Crippen LogP contribution in [0, 0.1) is 0 Å². The first-order chi connectivity index (χ1) is 9.26. The van der Waals surface area contributed by atoms with Crippen molar-refractivity contribution in [2.75, 3.05) is 34.2 Å². The maximum atomic E-state index is 4.73. The van der Waals surface area contributed by atoms with Crippen molar-refractivity contribution in [1.82, 2.24) is 20.1 Å². The zero-order valence-corrected chi connectivity index (χ0v) is 13.9. The van der Waals surface area contributed by atoms with Crippen molar-refractivity contribution in [3.8, 4) is 0 Å². The maximum Gasteiger partial charge on any atom is 0.0547 e. The summed E-state index contributed by atoms with van der Waals surface area (Å²) in [6.07, 6.45) is 0. The second-order valence-corrected chi connectivity index (χ2v) is 6.76. The van der Waals surface area contributed by atoms with Crippen LogP contribution in [0.15, 0.2) is 18.2 Å². The Labute approximate surface area is 124 Å². The number of pyridine rings is 1. The fourth-order valence-corrected chi connectivity index (χ4v) is 1.80. The fraction of sp³-hybridized carbons (Fsp3) is 0.688. The molecule has 1 heterocycles. The average molecular weight is 278 g/mol. The van der Waals surface area contributed by atoms with Crippen LogP contribution >= 0.6 is 0 Å². The molecular formula is C16H30N4. The minimum absolute atomic E-state index is 0.125. The van der Waals surface area contributed by atoms with Crippen LogP contribution < -0.4 is 5.32 Å². The fourth-order valence-electron chi connectivity index (χ4n) is 1.80.